The summed E-state index contributed by atoms with van der Waals surface area (Å²) in [4.78, 5) is 0. The van der Waals surface area contributed by atoms with Gasteiger partial charge < -0.3 is 19.7 Å². The summed E-state index contributed by atoms with van der Waals surface area (Å²) in [7, 11) is -2.06. The monoisotopic (exact) mass is 235 g/mol. The van der Waals surface area contributed by atoms with Crippen molar-refractivity contribution >= 4 is 8.56 Å². The van der Waals surface area contributed by atoms with Crippen molar-refractivity contribution in [3.8, 4) is 0 Å². The summed E-state index contributed by atoms with van der Waals surface area (Å²) in [5, 5.41) is 8.81. The minimum atomic E-state index is -2.06. The zero-order valence-electron chi connectivity index (χ0n) is 10.2. The topological polar surface area (TPSA) is 64.7 Å². The van der Waals surface area contributed by atoms with Crippen LogP contribution in [0.15, 0.2) is 0 Å². The molecule has 0 rings (SSSR count). The molecule has 0 spiro atoms. The lowest BCUT2D eigenvalue weighted by molar-refractivity contribution is 0.108. The molecule has 0 aliphatic rings. The van der Waals surface area contributed by atoms with Crippen LogP contribution in [0.3, 0.4) is 0 Å². The highest BCUT2D eigenvalue weighted by molar-refractivity contribution is 6.66. The molecule has 0 amide bonds. The van der Waals surface area contributed by atoms with Gasteiger partial charge in [-0.1, -0.05) is 0 Å². The van der Waals surface area contributed by atoms with E-state index in [2.05, 4.69) is 6.55 Å². The lowest BCUT2D eigenvalue weighted by Gasteiger charge is -2.29. The van der Waals surface area contributed by atoms with Gasteiger partial charge in [-0.15, -0.1) is 0 Å². The average Bonchev–Trinajstić information content (AvgIpc) is 2.15. The Bertz CT molecular complexity index is 160. The molecule has 0 saturated heterocycles. The van der Waals surface area contributed by atoms with Gasteiger partial charge in [0.15, 0.2) is 0 Å². The largest absolute Gasteiger partial charge is 0.396 e. The van der Waals surface area contributed by atoms with E-state index in [0.717, 1.165) is 12.5 Å². The van der Waals surface area contributed by atoms with Crippen LogP contribution in [0.2, 0.25) is 12.6 Å². The van der Waals surface area contributed by atoms with Crippen molar-refractivity contribution in [1.82, 2.24) is 0 Å². The maximum absolute atomic E-state index is 8.81. The van der Waals surface area contributed by atoms with Gasteiger partial charge >= 0.3 is 8.56 Å². The zero-order valence-corrected chi connectivity index (χ0v) is 11.2. The number of nitrogens with two attached hydrogens (primary N) is 1. The van der Waals surface area contributed by atoms with Gasteiger partial charge in [0.25, 0.3) is 0 Å². The van der Waals surface area contributed by atoms with E-state index in [1.807, 2.05) is 13.8 Å². The van der Waals surface area contributed by atoms with E-state index >= 15 is 0 Å². The third kappa shape index (κ3) is 7.02. The lowest BCUT2D eigenvalue weighted by atomic mass is 10.3. The van der Waals surface area contributed by atoms with E-state index in [-0.39, 0.29) is 12.7 Å². The van der Waals surface area contributed by atoms with Crippen molar-refractivity contribution in [3.63, 3.8) is 0 Å². The predicted octanol–water partition coefficient (Wildman–Crippen LogP) is 1.23. The van der Waals surface area contributed by atoms with Gasteiger partial charge in [0.1, 0.15) is 0 Å². The van der Waals surface area contributed by atoms with Crippen LogP contribution in [0.1, 0.15) is 26.7 Å². The molecule has 0 radical (unpaired) electrons. The fraction of sp³-hybridized carbons (Fsp3) is 1.00. The zero-order chi connectivity index (χ0) is 11.7. The molecule has 4 nitrogen and oxygen atoms in total. The molecule has 0 saturated carbocycles. The highest BCUT2D eigenvalue weighted by Gasteiger charge is 2.32. The standard InChI is InChI=1S/C10H25NO3Si/c1-4-13-15(3,9-5-7-11)14-10(2)6-8-12/h10,12H,4-9,11H2,1-3H3. The summed E-state index contributed by atoms with van der Waals surface area (Å²) in [6, 6.07) is 0.924. The van der Waals surface area contributed by atoms with Crippen molar-refractivity contribution in [1.29, 1.82) is 0 Å². The first-order chi connectivity index (χ1) is 7.08. The lowest BCUT2D eigenvalue weighted by Crippen LogP contribution is -2.42. The normalized spacial score (nSPS) is 17.4. The molecule has 0 heterocycles. The average molecular weight is 235 g/mol. The minimum Gasteiger partial charge on any atom is -0.396 e. The van der Waals surface area contributed by atoms with E-state index in [4.69, 9.17) is 19.7 Å². The molecule has 2 atom stereocenters. The van der Waals surface area contributed by atoms with Gasteiger partial charge in [-0.05, 0) is 45.8 Å². The Balaban J connectivity index is 4.09. The van der Waals surface area contributed by atoms with Crippen molar-refractivity contribution < 1.29 is 14.0 Å². The van der Waals surface area contributed by atoms with E-state index < -0.39 is 8.56 Å². The molecule has 0 aliphatic heterocycles. The maximum Gasteiger partial charge on any atom is 0.335 e. The fourth-order valence-electron chi connectivity index (χ4n) is 1.56. The summed E-state index contributed by atoms with van der Waals surface area (Å²) in [5.41, 5.74) is 5.49. The predicted molar refractivity (Wildman–Crippen MR) is 64.0 cm³/mol. The van der Waals surface area contributed by atoms with E-state index in [0.29, 0.717) is 19.6 Å². The van der Waals surface area contributed by atoms with Crippen molar-refractivity contribution in [2.75, 3.05) is 19.8 Å². The SMILES string of the molecule is CCO[Si](C)(CCCN)OC(C)CCO. The number of rotatable bonds is 9. The minimum absolute atomic E-state index is 0.0657. The Morgan fingerprint density at radius 3 is 2.60 bits per heavy atom. The number of aliphatic hydroxyl groups excluding tert-OH is 1. The van der Waals surface area contributed by atoms with E-state index in [9.17, 15) is 0 Å². The summed E-state index contributed by atoms with van der Waals surface area (Å²) in [5.74, 6) is 0. The van der Waals surface area contributed by atoms with Gasteiger partial charge in [-0.2, -0.15) is 0 Å². The highest BCUT2D eigenvalue weighted by atomic mass is 28.4. The quantitative estimate of drug-likeness (QED) is 0.590. The molecule has 2 unspecified atom stereocenters. The summed E-state index contributed by atoms with van der Waals surface area (Å²) < 4.78 is 11.6. The molecule has 15 heavy (non-hydrogen) atoms. The van der Waals surface area contributed by atoms with Crippen molar-refractivity contribution in [2.45, 2.75) is 45.4 Å². The second-order valence-electron chi connectivity index (χ2n) is 3.90. The Morgan fingerprint density at radius 1 is 1.47 bits per heavy atom. The molecule has 0 aromatic carbocycles. The third-order valence-corrected chi connectivity index (χ3v) is 5.33. The van der Waals surface area contributed by atoms with Gasteiger partial charge in [0.2, 0.25) is 0 Å². The summed E-state index contributed by atoms with van der Waals surface area (Å²) >= 11 is 0. The second kappa shape index (κ2) is 8.24. The molecular formula is C10H25NO3Si. The molecule has 3 N–H and O–H groups in total. The van der Waals surface area contributed by atoms with Gasteiger partial charge in [-0.3, -0.25) is 0 Å². The molecule has 0 aromatic rings. The van der Waals surface area contributed by atoms with Crippen LogP contribution in [0.5, 0.6) is 0 Å². The van der Waals surface area contributed by atoms with Crippen molar-refractivity contribution in [3.05, 3.63) is 0 Å². The van der Waals surface area contributed by atoms with Crippen LogP contribution in [-0.4, -0.2) is 39.5 Å². The third-order valence-electron chi connectivity index (χ3n) is 2.27. The highest BCUT2D eigenvalue weighted by Crippen LogP contribution is 2.18. The maximum atomic E-state index is 8.81. The number of hydrogen-bond acceptors (Lipinski definition) is 4. The van der Waals surface area contributed by atoms with Crippen LogP contribution in [0.4, 0.5) is 0 Å². The van der Waals surface area contributed by atoms with Crippen LogP contribution in [0, 0.1) is 0 Å². The Kier molecular flexibility index (Phi) is 8.27. The van der Waals surface area contributed by atoms with Crippen LogP contribution in [-0.2, 0) is 8.85 Å². The van der Waals surface area contributed by atoms with E-state index in [1.54, 1.807) is 0 Å². The molecule has 0 fully saturated rings. The molecule has 0 bridgehead atoms. The first kappa shape index (κ1) is 15.1. The van der Waals surface area contributed by atoms with E-state index in [1.165, 1.54) is 0 Å². The van der Waals surface area contributed by atoms with Crippen LogP contribution < -0.4 is 5.73 Å². The van der Waals surface area contributed by atoms with Gasteiger partial charge in [0, 0.05) is 19.3 Å². The van der Waals surface area contributed by atoms with Crippen LogP contribution >= 0.6 is 0 Å². The second-order valence-corrected chi connectivity index (χ2v) is 7.19. The molecule has 5 heteroatoms. The molecule has 0 aliphatic carbocycles. The van der Waals surface area contributed by atoms with Gasteiger partial charge in [-0.25, -0.2) is 0 Å². The van der Waals surface area contributed by atoms with Gasteiger partial charge in [0.05, 0.1) is 0 Å². The smallest absolute Gasteiger partial charge is 0.335 e. The summed E-state index contributed by atoms with van der Waals surface area (Å²) in [6.07, 6.45) is 1.67. The Morgan fingerprint density at radius 2 is 2.13 bits per heavy atom. The Hall–Kier alpha value is 0.0569. The Labute approximate surface area is 94.0 Å². The first-order valence-corrected chi connectivity index (χ1v) is 8.23. The first-order valence-electron chi connectivity index (χ1n) is 5.70. The van der Waals surface area contributed by atoms with Crippen molar-refractivity contribution in [2.24, 2.45) is 5.73 Å². The molecule has 92 valence electrons. The molecular weight excluding hydrogens is 210 g/mol. The van der Waals surface area contributed by atoms with Crippen LogP contribution in [0.25, 0.3) is 0 Å². The molecule has 0 aromatic heterocycles. The number of aliphatic hydroxyl groups is 1. The number of hydrogen-bond donors (Lipinski definition) is 2. The summed E-state index contributed by atoms with van der Waals surface area (Å²) in [6.45, 7) is 7.54. The fourth-order valence-corrected chi connectivity index (χ4v) is 4.32.